The van der Waals surface area contributed by atoms with E-state index < -0.39 is 0 Å². The number of urea groups is 1. The second-order valence-corrected chi connectivity index (χ2v) is 5.28. The molecule has 3 rings (SSSR count). The van der Waals surface area contributed by atoms with Crippen molar-refractivity contribution < 1.29 is 9.32 Å². The van der Waals surface area contributed by atoms with Crippen LogP contribution in [0.2, 0.25) is 0 Å². The maximum absolute atomic E-state index is 12.3. The van der Waals surface area contributed by atoms with Gasteiger partial charge in [0, 0.05) is 38.4 Å². The Morgan fingerprint density at radius 2 is 2.18 bits per heavy atom. The van der Waals surface area contributed by atoms with Crippen LogP contribution in [0.3, 0.4) is 0 Å². The molecule has 0 radical (unpaired) electrons. The number of hydrogen-bond donors (Lipinski definition) is 1. The Hall–Kier alpha value is -2.57. The summed E-state index contributed by atoms with van der Waals surface area (Å²) in [5.74, 6) is 1.34. The summed E-state index contributed by atoms with van der Waals surface area (Å²) in [5.41, 5.74) is 0.743. The summed E-state index contributed by atoms with van der Waals surface area (Å²) >= 11 is 0. The van der Waals surface area contributed by atoms with E-state index in [9.17, 15) is 4.79 Å². The zero-order valence-electron chi connectivity index (χ0n) is 12.5. The van der Waals surface area contributed by atoms with Crippen molar-refractivity contribution in [3.63, 3.8) is 0 Å². The predicted octanol–water partition coefficient (Wildman–Crippen LogP) is 2.12. The Balaban J connectivity index is 1.59. The van der Waals surface area contributed by atoms with Crippen LogP contribution in [0.4, 0.5) is 16.5 Å². The second-order valence-electron chi connectivity index (χ2n) is 5.28. The van der Waals surface area contributed by atoms with Crippen LogP contribution in [0, 0.1) is 6.92 Å². The summed E-state index contributed by atoms with van der Waals surface area (Å²) in [7, 11) is 0. The molecule has 0 unspecified atom stereocenters. The molecule has 0 spiro atoms. The SMILES string of the molecule is Cc1cc(NC(=O)N2CCCN(c3ccccn3)CC2)on1. The lowest BCUT2D eigenvalue weighted by Crippen LogP contribution is -2.38. The minimum absolute atomic E-state index is 0.154. The molecule has 1 aliphatic heterocycles. The van der Waals surface area contributed by atoms with Crippen molar-refractivity contribution in [2.24, 2.45) is 0 Å². The molecule has 7 heteroatoms. The average Bonchev–Trinajstić information content (AvgIpc) is 2.80. The molecule has 0 saturated carbocycles. The zero-order valence-corrected chi connectivity index (χ0v) is 12.5. The fourth-order valence-electron chi connectivity index (χ4n) is 2.50. The zero-order chi connectivity index (χ0) is 15.4. The Labute approximate surface area is 128 Å². The molecule has 0 bridgehead atoms. The molecule has 1 saturated heterocycles. The Morgan fingerprint density at radius 1 is 1.27 bits per heavy atom. The Kier molecular flexibility index (Phi) is 4.22. The maximum Gasteiger partial charge on any atom is 0.324 e. The lowest BCUT2D eigenvalue weighted by atomic mass is 10.3. The van der Waals surface area contributed by atoms with Crippen molar-refractivity contribution in [3.8, 4) is 0 Å². The molecule has 1 N–H and O–H groups in total. The third-order valence-corrected chi connectivity index (χ3v) is 3.61. The van der Waals surface area contributed by atoms with Crippen LogP contribution in [-0.4, -0.2) is 47.3 Å². The van der Waals surface area contributed by atoms with Crippen molar-refractivity contribution in [2.45, 2.75) is 13.3 Å². The molecule has 0 aliphatic carbocycles. The predicted molar refractivity (Wildman–Crippen MR) is 82.9 cm³/mol. The Morgan fingerprint density at radius 3 is 2.91 bits per heavy atom. The molecule has 0 atom stereocenters. The monoisotopic (exact) mass is 301 g/mol. The van der Waals surface area contributed by atoms with Gasteiger partial charge in [-0.1, -0.05) is 11.2 Å². The number of nitrogens with one attached hydrogen (secondary N) is 1. The second kappa shape index (κ2) is 6.46. The number of hydrogen-bond acceptors (Lipinski definition) is 5. The maximum atomic E-state index is 12.3. The number of aromatic nitrogens is 2. The van der Waals surface area contributed by atoms with Crippen molar-refractivity contribution in [1.82, 2.24) is 15.0 Å². The number of carbonyl (C=O) groups excluding carboxylic acids is 1. The molecule has 116 valence electrons. The summed E-state index contributed by atoms with van der Waals surface area (Å²) in [6.45, 7) is 4.83. The summed E-state index contributed by atoms with van der Waals surface area (Å²) in [5, 5.41) is 6.50. The first-order chi connectivity index (χ1) is 10.7. The molecular weight excluding hydrogens is 282 g/mol. The first kappa shape index (κ1) is 14.4. The fraction of sp³-hybridized carbons (Fsp3) is 0.400. The van der Waals surface area contributed by atoms with Gasteiger partial charge in [-0.05, 0) is 25.5 Å². The van der Waals surface area contributed by atoms with E-state index in [1.54, 1.807) is 17.2 Å². The minimum atomic E-state index is -0.154. The van der Waals surface area contributed by atoms with Gasteiger partial charge in [-0.25, -0.2) is 9.78 Å². The van der Waals surface area contributed by atoms with E-state index in [0.717, 1.165) is 31.0 Å². The number of nitrogens with zero attached hydrogens (tertiary/aromatic N) is 4. The van der Waals surface area contributed by atoms with Gasteiger partial charge in [0.2, 0.25) is 5.88 Å². The highest BCUT2D eigenvalue weighted by Crippen LogP contribution is 2.14. The first-order valence-electron chi connectivity index (χ1n) is 7.37. The third kappa shape index (κ3) is 3.36. The van der Waals surface area contributed by atoms with Gasteiger partial charge in [-0.15, -0.1) is 0 Å². The van der Waals surface area contributed by atoms with E-state index >= 15 is 0 Å². The van der Waals surface area contributed by atoms with E-state index in [4.69, 9.17) is 4.52 Å². The molecular formula is C15H19N5O2. The van der Waals surface area contributed by atoms with E-state index in [2.05, 4.69) is 20.4 Å². The van der Waals surface area contributed by atoms with Crippen LogP contribution in [0.1, 0.15) is 12.1 Å². The molecule has 0 aromatic carbocycles. The van der Waals surface area contributed by atoms with Crippen molar-refractivity contribution in [3.05, 3.63) is 36.2 Å². The quantitative estimate of drug-likeness (QED) is 0.919. The van der Waals surface area contributed by atoms with Crippen molar-refractivity contribution in [2.75, 3.05) is 36.4 Å². The highest BCUT2D eigenvalue weighted by molar-refractivity contribution is 5.87. The topological polar surface area (TPSA) is 74.5 Å². The van der Waals surface area contributed by atoms with Gasteiger partial charge in [-0.3, -0.25) is 5.32 Å². The summed E-state index contributed by atoms with van der Waals surface area (Å²) in [6.07, 6.45) is 2.69. The molecule has 3 heterocycles. The number of amides is 2. The number of rotatable bonds is 2. The van der Waals surface area contributed by atoms with Crippen LogP contribution >= 0.6 is 0 Å². The standard InChI is InChI=1S/C15H19N5O2/c1-12-11-14(22-18-12)17-15(21)20-8-4-7-19(9-10-20)13-5-2-3-6-16-13/h2-3,5-6,11H,4,7-10H2,1H3,(H,17,21). The number of pyridine rings is 1. The molecule has 2 aromatic heterocycles. The number of aryl methyl sites for hydroxylation is 1. The largest absolute Gasteiger partial charge is 0.355 e. The highest BCUT2D eigenvalue weighted by Gasteiger charge is 2.20. The number of carbonyl (C=O) groups is 1. The van der Waals surface area contributed by atoms with Gasteiger partial charge < -0.3 is 14.3 Å². The van der Waals surface area contributed by atoms with Gasteiger partial charge in [0.25, 0.3) is 0 Å². The lowest BCUT2D eigenvalue weighted by molar-refractivity contribution is 0.214. The smallest absolute Gasteiger partial charge is 0.324 e. The van der Waals surface area contributed by atoms with E-state index in [0.29, 0.717) is 19.0 Å². The van der Waals surface area contributed by atoms with E-state index in [1.807, 2.05) is 25.1 Å². The van der Waals surface area contributed by atoms with Crippen LogP contribution in [0.25, 0.3) is 0 Å². The highest BCUT2D eigenvalue weighted by atomic mass is 16.5. The summed E-state index contributed by atoms with van der Waals surface area (Å²) in [4.78, 5) is 20.6. The lowest BCUT2D eigenvalue weighted by Gasteiger charge is -2.22. The molecule has 7 nitrogen and oxygen atoms in total. The van der Waals surface area contributed by atoms with Gasteiger partial charge in [0.15, 0.2) is 0 Å². The van der Waals surface area contributed by atoms with E-state index in [1.165, 1.54) is 0 Å². The van der Waals surface area contributed by atoms with Crippen molar-refractivity contribution in [1.29, 1.82) is 0 Å². The van der Waals surface area contributed by atoms with E-state index in [-0.39, 0.29) is 6.03 Å². The van der Waals surface area contributed by atoms with Crippen LogP contribution in [0.5, 0.6) is 0 Å². The molecule has 1 fully saturated rings. The number of anilines is 2. The minimum Gasteiger partial charge on any atom is -0.355 e. The van der Waals surface area contributed by atoms with Crippen LogP contribution < -0.4 is 10.2 Å². The van der Waals surface area contributed by atoms with Crippen molar-refractivity contribution >= 4 is 17.7 Å². The van der Waals surface area contributed by atoms with Crippen LogP contribution in [-0.2, 0) is 0 Å². The third-order valence-electron chi connectivity index (χ3n) is 3.61. The van der Waals surface area contributed by atoms with Gasteiger partial charge in [0.1, 0.15) is 5.82 Å². The molecule has 2 aromatic rings. The molecule has 2 amide bonds. The van der Waals surface area contributed by atoms with Gasteiger partial charge in [0.05, 0.1) is 5.69 Å². The Bertz CT molecular complexity index is 628. The first-order valence-corrected chi connectivity index (χ1v) is 7.37. The van der Waals surface area contributed by atoms with Gasteiger partial charge >= 0.3 is 6.03 Å². The summed E-state index contributed by atoms with van der Waals surface area (Å²) in [6, 6.07) is 7.42. The van der Waals surface area contributed by atoms with Gasteiger partial charge in [-0.2, -0.15) is 0 Å². The molecule has 22 heavy (non-hydrogen) atoms. The normalized spacial score (nSPS) is 15.5. The average molecular weight is 301 g/mol. The summed E-state index contributed by atoms with van der Waals surface area (Å²) < 4.78 is 5.02. The van der Waals surface area contributed by atoms with Crippen LogP contribution in [0.15, 0.2) is 35.0 Å². The molecule has 1 aliphatic rings. The fourth-order valence-corrected chi connectivity index (χ4v) is 2.50.